The topological polar surface area (TPSA) is 180 Å². The predicted octanol–water partition coefficient (Wildman–Crippen LogP) is 1.91. The third-order valence-corrected chi connectivity index (χ3v) is 6.11. The Morgan fingerprint density at radius 3 is 2.13 bits per heavy atom. The van der Waals surface area contributed by atoms with Gasteiger partial charge in [-0.15, -0.1) is 11.3 Å². The van der Waals surface area contributed by atoms with E-state index in [9.17, 15) is 32.3 Å². The number of ketones is 1. The number of thiophene rings is 1. The number of alkyl halides is 3. The van der Waals surface area contributed by atoms with E-state index in [-0.39, 0.29) is 29.5 Å². The van der Waals surface area contributed by atoms with Crippen LogP contribution in [0.25, 0.3) is 0 Å². The summed E-state index contributed by atoms with van der Waals surface area (Å²) in [6, 6.07) is 5.86. The highest BCUT2D eigenvalue weighted by Gasteiger charge is 2.38. The zero-order valence-corrected chi connectivity index (χ0v) is 21.1. The summed E-state index contributed by atoms with van der Waals surface area (Å²) in [5.74, 6) is -5.97. The van der Waals surface area contributed by atoms with Crippen LogP contribution in [0.4, 0.5) is 13.2 Å². The molecule has 0 aliphatic carbocycles. The molecule has 2 heterocycles. The van der Waals surface area contributed by atoms with Crippen LogP contribution in [0.5, 0.6) is 11.5 Å². The van der Waals surface area contributed by atoms with Crippen molar-refractivity contribution in [3.63, 3.8) is 0 Å². The van der Waals surface area contributed by atoms with E-state index in [1.165, 1.54) is 46.4 Å². The van der Waals surface area contributed by atoms with Crippen molar-refractivity contribution >= 4 is 40.9 Å². The Labute approximate surface area is 222 Å². The number of Topliss-reactive ketones (excluding diaryl/α,β-unsaturated/α-hetero) is 1. The molecule has 3 rings (SSSR count). The predicted molar refractivity (Wildman–Crippen MR) is 127 cm³/mol. The van der Waals surface area contributed by atoms with Crippen molar-refractivity contribution in [2.75, 3.05) is 33.4 Å². The fourth-order valence-corrected chi connectivity index (χ4v) is 4.29. The van der Waals surface area contributed by atoms with Crippen LogP contribution < -0.4 is 14.8 Å². The first-order valence-corrected chi connectivity index (χ1v) is 11.7. The first-order valence-electron chi connectivity index (χ1n) is 10.9. The monoisotopic (exact) mass is 576 g/mol. The average molecular weight is 577 g/mol. The summed E-state index contributed by atoms with van der Waals surface area (Å²) in [6.07, 6.45) is -4.22. The van der Waals surface area contributed by atoms with Gasteiger partial charge in [-0.2, -0.15) is 13.2 Å². The van der Waals surface area contributed by atoms with Gasteiger partial charge in [0.2, 0.25) is 0 Å². The van der Waals surface area contributed by atoms with E-state index in [1.807, 2.05) is 6.07 Å². The number of ether oxygens (including phenoxy) is 2. The second-order valence-corrected chi connectivity index (χ2v) is 9.04. The lowest BCUT2D eigenvalue weighted by Crippen LogP contribution is -2.31. The molecule has 12 nitrogen and oxygen atoms in total. The number of benzene rings is 1. The number of halogens is 3. The molecule has 1 amide bonds. The number of carbonyl (C=O) groups is 5. The van der Waals surface area contributed by atoms with Crippen molar-refractivity contribution in [1.29, 1.82) is 0 Å². The van der Waals surface area contributed by atoms with E-state index >= 15 is 0 Å². The number of nitrogens with zero attached hydrogens (tertiary/aromatic N) is 1. The highest BCUT2D eigenvalue weighted by Crippen LogP contribution is 2.29. The molecule has 2 aromatic rings. The van der Waals surface area contributed by atoms with E-state index in [0.29, 0.717) is 4.88 Å². The first kappa shape index (κ1) is 31.0. The third-order valence-electron chi connectivity index (χ3n) is 4.89. The molecule has 0 atom stereocenters. The second kappa shape index (κ2) is 13.6. The normalized spacial score (nSPS) is 12.3. The number of carboxylic acid groups (broad SMARTS) is 3. The molecule has 0 fully saturated rings. The van der Waals surface area contributed by atoms with Gasteiger partial charge in [0.25, 0.3) is 5.91 Å². The van der Waals surface area contributed by atoms with Gasteiger partial charge < -0.3 is 35.0 Å². The molecule has 1 aliphatic rings. The number of carboxylic acids is 3. The fourth-order valence-electron chi connectivity index (χ4n) is 3.12. The summed E-state index contributed by atoms with van der Waals surface area (Å²) in [5, 5.41) is 28.0. The zero-order chi connectivity index (χ0) is 29.3. The summed E-state index contributed by atoms with van der Waals surface area (Å²) >= 11 is 1.43. The highest BCUT2D eigenvalue weighted by molar-refractivity contribution is 7.14. The molecule has 0 spiro atoms. The van der Waals surface area contributed by atoms with Crippen LogP contribution in [-0.4, -0.2) is 89.3 Å². The van der Waals surface area contributed by atoms with Crippen LogP contribution in [0.3, 0.4) is 0 Å². The minimum absolute atomic E-state index is 0.00703. The Hall–Kier alpha value is -4.18. The maximum absolute atomic E-state index is 12.8. The first-order chi connectivity index (χ1) is 18.2. The number of aliphatic carboxylic acids is 3. The average Bonchev–Trinajstić information content (AvgIpc) is 3.30. The second-order valence-electron chi connectivity index (χ2n) is 7.90. The molecular weight excluding hydrogens is 553 g/mol. The van der Waals surface area contributed by atoms with Crippen LogP contribution in [0.15, 0.2) is 24.3 Å². The zero-order valence-electron chi connectivity index (χ0n) is 20.2. The molecule has 0 bridgehead atoms. The van der Waals surface area contributed by atoms with Gasteiger partial charge in [-0.25, -0.2) is 14.4 Å². The molecule has 4 N–H and O–H groups in total. The Morgan fingerprint density at radius 1 is 1.00 bits per heavy atom. The van der Waals surface area contributed by atoms with Crippen LogP contribution in [-0.2, 0) is 27.3 Å². The molecule has 0 saturated carbocycles. The lowest BCUT2D eigenvalue weighted by atomic mass is 10.1. The summed E-state index contributed by atoms with van der Waals surface area (Å²) < 4.78 is 42.0. The van der Waals surface area contributed by atoms with Crippen LogP contribution in [0.1, 0.15) is 30.5 Å². The molecule has 212 valence electrons. The van der Waals surface area contributed by atoms with E-state index in [0.717, 1.165) is 25.1 Å². The largest absolute Gasteiger partial charge is 0.490 e. The van der Waals surface area contributed by atoms with Crippen LogP contribution in [0.2, 0.25) is 0 Å². The van der Waals surface area contributed by atoms with E-state index < -0.39 is 43.1 Å². The van der Waals surface area contributed by atoms with Crippen molar-refractivity contribution in [2.24, 2.45) is 0 Å². The molecule has 0 saturated heterocycles. The minimum Gasteiger partial charge on any atom is -0.479 e. The van der Waals surface area contributed by atoms with Gasteiger partial charge in [-0.3, -0.25) is 9.59 Å². The number of hydrogen-bond acceptors (Lipinski definition) is 9. The molecule has 1 aliphatic heterocycles. The van der Waals surface area contributed by atoms with Gasteiger partial charge in [0, 0.05) is 30.6 Å². The molecule has 39 heavy (non-hydrogen) atoms. The molecule has 0 unspecified atom stereocenters. The number of amides is 1. The van der Waals surface area contributed by atoms with E-state index in [4.69, 9.17) is 29.6 Å². The van der Waals surface area contributed by atoms with Gasteiger partial charge in [-0.1, -0.05) is 0 Å². The maximum atomic E-state index is 12.8. The van der Waals surface area contributed by atoms with E-state index in [2.05, 4.69) is 5.32 Å². The number of rotatable bonds is 10. The minimum atomic E-state index is -5.08. The van der Waals surface area contributed by atoms with E-state index in [1.54, 1.807) is 0 Å². The molecule has 0 radical (unpaired) electrons. The summed E-state index contributed by atoms with van der Waals surface area (Å²) in [5.41, 5.74) is 1.27. The molecule has 1 aromatic carbocycles. The SMILES string of the molecule is CN(CC(=O)c1ccc(OCC(=O)O)c(OCC(=O)O)c1)C(=O)c1cc2c(s1)CCNC2.O=C(O)C(F)(F)F. The fraction of sp³-hybridized carbons (Fsp3) is 0.348. The summed E-state index contributed by atoms with van der Waals surface area (Å²) in [7, 11) is 1.53. The standard InChI is InChI=1S/C21H22N2O8S.C2HF3O2/c1-23(21(29)18-7-13-8-22-5-4-17(13)32-18)9-14(24)12-2-3-15(30-10-19(25)26)16(6-12)31-11-20(27)28;3-2(4,5)1(6)7/h2-3,6-7,22H,4-5,8-11H2,1H3,(H,25,26)(H,27,28);(H,6,7). The molecule has 1 aromatic heterocycles. The van der Waals surface area contributed by atoms with Gasteiger partial charge in [0.1, 0.15) is 0 Å². The van der Waals surface area contributed by atoms with Crippen molar-refractivity contribution in [3.05, 3.63) is 45.1 Å². The Kier molecular flexibility index (Phi) is 10.8. The third kappa shape index (κ3) is 9.57. The number of carbonyl (C=O) groups excluding carboxylic acids is 2. The lowest BCUT2D eigenvalue weighted by molar-refractivity contribution is -0.192. The molecule has 16 heteroatoms. The smallest absolute Gasteiger partial charge is 0.479 e. The lowest BCUT2D eigenvalue weighted by Gasteiger charge is -2.16. The summed E-state index contributed by atoms with van der Waals surface area (Å²) in [4.78, 5) is 59.0. The van der Waals surface area contributed by atoms with Crippen molar-refractivity contribution < 1.29 is 61.9 Å². The van der Waals surface area contributed by atoms with Crippen molar-refractivity contribution in [2.45, 2.75) is 19.1 Å². The number of fused-ring (bicyclic) bond motifs is 1. The van der Waals surface area contributed by atoms with Crippen molar-refractivity contribution in [1.82, 2.24) is 10.2 Å². The Bertz CT molecular complexity index is 1220. The number of nitrogens with one attached hydrogen (secondary N) is 1. The van der Waals surface area contributed by atoms with Crippen LogP contribution >= 0.6 is 11.3 Å². The number of hydrogen-bond donors (Lipinski definition) is 4. The van der Waals surface area contributed by atoms with Crippen molar-refractivity contribution in [3.8, 4) is 11.5 Å². The number of likely N-dealkylation sites (N-methyl/N-ethyl adjacent to an activating group) is 1. The maximum Gasteiger partial charge on any atom is 0.490 e. The molecular formula is C23H23F3N2O10S. The Balaban J connectivity index is 0.000000673. The highest BCUT2D eigenvalue weighted by atomic mass is 32.1. The Morgan fingerprint density at radius 2 is 1.59 bits per heavy atom. The van der Waals surface area contributed by atoms with Gasteiger partial charge in [0.15, 0.2) is 30.5 Å². The van der Waals surface area contributed by atoms with Crippen LogP contribution in [0, 0.1) is 0 Å². The quantitative estimate of drug-likeness (QED) is 0.304. The van der Waals surface area contributed by atoms with Gasteiger partial charge >= 0.3 is 24.1 Å². The van der Waals surface area contributed by atoms with Gasteiger partial charge in [-0.05, 0) is 36.2 Å². The van der Waals surface area contributed by atoms with Gasteiger partial charge in [0.05, 0.1) is 11.4 Å². The summed E-state index contributed by atoms with van der Waals surface area (Å²) in [6.45, 7) is 0.0318.